The van der Waals surface area contributed by atoms with E-state index in [1.54, 1.807) is 31.3 Å². The molecule has 1 aromatic carbocycles. The van der Waals surface area contributed by atoms with Gasteiger partial charge in [0.25, 0.3) is 5.91 Å². The number of likely N-dealkylation sites (N-methyl/N-ethyl adjacent to an activating group) is 1. The van der Waals surface area contributed by atoms with Crippen LogP contribution in [0.1, 0.15) is 35.0 Å². The Morgan fingerprint density at radius 3 is 2.71 bits per heavy atom. The number of hydrogen-bond acceptors (Lipinski definition) is 5. The van der Waals surface area contributed by atoms with Crippen LogP contribution in [0.4, 0.5) is 5.69 Å². The molecule has 0 radical (unpaired) electrons. The van der Waals surface area contributed by atoms with Crippen LogP contribution in [0.5, 0.6) is 0 Å². The first-order valence-corrected chi connectivity index (χ1v) is 11.1. The Labute approximate surface area is 184 Å². The number of hydrogen-bond donors (Lipinski definition) is 0. The van der Waals surface area contributed by atoms with Crippen LogP contribution in [0.2, 0.25) is 0 Å². The lowest BCUT2D eigenvalue weighted by Crippen LogP contribution is -2.39. The first-order valence-electron chi connectivity index (χ1n) is 11.1. The molecule has 1 unspecified atom stereocenters. The number of anilines is 1. The minimum Gasteiger partial charge on any atom is -0.467 e. The van der Waals surface area contributed by atoms with Gasteiger partial charge in [0.1, 0.15) is 5.76 Å². The SMILES string of the molecule is CC1Cc2ccccc2N1Cc1occc1C(=O)N1CCCN(CC(=O)N(C)C)CC1. The molecule has 2 aromatic rings. The van der Waals surface area contributed by atoms with Crippen molar-refractivity contribution in [1.82, 2.24) is 14.7 Å². The Kier molecular flexibility index (Phi) is 6.32. The third-order valence-electron chi connectivity index (χ3n) is 6.37. The fourth-order valence-corrected chi connectivity index (χ4v) is 4.51. The largest absolute Gasteiger partial charge is 0.467 e. The summed E-state index contributed by atoms with van der Waals surface area (Å²) in [5, 5.41) is 0. The third-order valence-corrected chi connectivity index (χ3v) is 6.37. The summed E-state index contributed by atoms with van der Waals surface area (Å²) in [6, 6.07) is 10.6. The van der Waals surface area contributed by atoms with E-state index in [1.807, 2.05) is 4.90 Å². The summed E-state index contributed by atoms with van der Waals surface area (Å²) in [6.45, 7) is 6.04. The standard InChI is InChI=1S/C24H32N4O3/c1-18-15-19-7-4-5-8-21(19)28(18)16-22-20(9-14-31-22)24(30)27-11-6-10-26(12-13-27)17-23(29)25(2)3/h4-5,7-9,14,18H,6,10-13,15-17H2,1-3H3. The Morgan fingerprint density at radius 1 is 1.10 bits per heavy atom. The summed E-state index contributed by atoms with van der Waals surface area (Å²) < 4.78 is 5.78. The second-order valence-electron chi connectivity index (χ2n) is 8.78. The number of carbonyl (C=O) groups excluding carboxylic acids is 2. The van der Waals surface area contributed by atoms with Crippen molar-refractivity contribution in [1.29, 1.82) is 0 Å². The highest BCUT2D eigenvalue weighted by Gasteiger charge is 2.29. The topological polar surface area (TPSA) is 60.2 Å². The molecule has 0 saturated carbocycles. The number of benzene rings is 1. The van der Waals surface area contributed by atoms with E-state index in [2.05, 4.69) is 41.0 Å². The molecule has 2 aliphatic heterocycles. The van der Waals surface area contributed by atoms with Crippen molar-refractivity contribution < 1.29 is 14.0 Å². The second kappa shape index (κ2) is 9.14. The molecule has 166 valence electrons. The normalized spacial score (nSPS) is 19.3. The lowest BCUT2D eigenvalue weighted by molar-refractivity contribution is -0.129. The van der Waals surface area contributed by atoms with Crippen molar-refractivity contribution in [2.24, 2.45) is 0 Å². The van der Waals surface area contributed by atoms with Crippen molar-refractivity contribution in [3.8, 4) is 0 Å². The molecule has 1 saturated heterocycles. The van der Waals surface area contributed by atoms with Gasteiger partial charge in [-0.1, -0.05) is 18.2 Å². The summed E-state index contributed by atoms with van der Waals surface area (Å²) in [5.41, 5.74) is 3.21. The smallest absolute Gasteiger partial charge is 0.257 e. The zero-order chi connectivity index (χ0) is 22.0. The highest BCUT2D eigenvalue weighted by Crippen LogP contribution is 2.33. The first-order chi connectivity index (χ1) is 14.9. The number of rotatable bonds is 5. The maximum absolute atomic E-state index is 13.3. The number of amides is 2. The van der Waals surface area contributed by atoms with Gasteiger partial charge in [-0.3, -0.25) is 14.5 Å². The average molecular weight is 425 g/mol. The van der Waals surface area contributed by atoms with E-state index in [0.717, 1.165) is 25.1 Å². The third kappa shape index (κ3) is 4.61. The molecule has 0 N–H and O–H groups in total. The molecule has 0 spiro atoms. The van der Waals surface area contributed by atoms with Crippen LogP contribution in [-0.2, 0) is 17.8 Å². The maximum Gasteiger partial charge on any atom is 0.257 e. The highest BCUT2D eigenvalue weighted by molar-refractivity contribution is 5.95. The monoisotopic (exact) mass is 424 g/mol. The lowest BCUT2D eigenvalue weighted by atomic mass is 10.1. The van der Waals surface area contributed by atoms with E-state index < -0.39 is 0 Å². The number of para-hydroxylation sites is 1. The van der Waals surface area contributed by atoms with Crippen LogP contribution in [0, 0.1) is 0 Å². The first kappa shape index (κ1) is 21.4. The van der Waals surface area contributed by atoms with E-state index in [4.69, 9.17) is 4.42 Å². The van der Waals surface area contributed by atoms with Crippen molar-refractivity contribution in [3.63, 3.8) is 0 Å². The van der Waals surface area contributed by atoms with E-state index in [-0.39, 0.29) is 11.8 Å². The van der Waals surface area contributed by atoms with Crippen molar-refractivity contribution >= 4 is 17.5 Å². The zero-order valence-electron chi connectivity index (χ0n) is 18.7. The molecule has 1 atom stereocenters. The summed E-state index contributed by atoms with van der Waals surface area (Å²) in [6.07, 6.45) is 3.49. The number of carbonyl (C=O) groups is 2. The summed E-state index contributed by atoms with van der Waals surface area (Å²) in [7, 11) is 3.55. The molecule has 31 heavy (non-hydrogen) atoms. The van der Waals surface area contributed by atoms with Crippen LogP contribution < -0.4 is 4.90 Å². The number of fused-ring (bicyclic) bond motifs is 1. The molecule has 1 fully saturated rings. The zero-order valence-corrected chi connectivity index (χ0v) is 18.7. The van der Waals surface area contributed by atoms with Gasteiger partial charge >= 0.3 is 0 Å². The molecule has 0 bridgehead atoms. The molecule has 0 aliphatic carbocycles. The average Bonchev–Trinajstić information content (AvgIpc) is 3.25. The van der Waals surface area contributed by atoms with Gasteiger partial charge in [-0.2, -0.15) is 0 Å². The van der Waals surface area contributed by atoms with Gasteiger partial charge in [-0.15, -0.1) is 0 Å². The Hall–Kier alpha value is -2.80. The molecular weight excluding hydrogens is 392 g/mol. The molecule has 3 heterocycles. The van der Waals surface area contributed by atoms with Gasteiger partial charge in [0.2, 0.25) is 5.91 Å². The van der Waals surface area contributed by atoms with Crippen molar-refractivity contribution in [3.05, 3.63) is 53.5 Å². The molecule has 2 aliphatic rings. The van der Waals surface area contributed by atoms with Crippen molar-refractivity contribution in [2.75, 3.05) is 51.7 Å². The molecule has 7 heteroatoms. The van der Waals surface area contributed by atoms with Crippen LogP contribution in [0.15, 0.2) is 41.0 Å². The fourth-order valence-electron chi connectivity index (χ4n) is 4.51. The van der Waals surface area contributed by atoms with Gasteiger partial charge < -0.3 is 19.1 Å². The quantitative estimate of drug-likeness (QED) is 0.738. The summed E-state index contributed by atoms with van der Waals surface area (Å²) >= 11 is 0. The summed E-state index contributed by atoms with van der Waals surface area (Å²) in [4.78, 5) is 33.3. The lowest BCUT2D eigenvalue weighted by Gasteiger charge is -2.25. The van der Waals surface area contributed by atoms with E-state index in [9.17, 15) is 9.59 Å². The molecule has 2 amide bonds. The van der Waals surface area contributed by atoms with Crippen molar-refractivity contribution in [2.45, 2.75) is 32.4 Å². The molecule has 1 aromatic heterocycles. The molecule has 7 nitrogen and oxygen atoms in total. The Bertz CT molecular complexity index is 938. The van der Waals surface area contributed by atoms with Gasteiger partial charge in [0.15, 0.2) is 0 Å². The molecular formula is C24H32N4O3. The van der Waals surface area contributed by atoms with E-state index >= 15 is 0 Å². The van der Waals surface area contributed by atoms with E-state index in [0.29, 0.717) is 44.3 Å². The molecule has 4 rings (SSSR count). The fraction of sp³-hybridized carbons (Fsp3) is 0.500. The predicted octanol–water partition coefficient (Wildman–Crippen LogP) is 2.47. The van der Waals surface area contributed by atoms with Crippen LogP contribution in [0.25, 0.3) is 0 Å². The summed E-state index contributed by atoms with van der Waals surface area (Å²) in [5.74, 6) is 0.832. The minimum absolute atomic E-state index is 0.0182. The highest BCUT2D eigenvalue weighted by atomic mass is 16.3. The number of furan rings is 1. The second-order valence-corrected chi connectivity index (χ2v) is 8.78. The van der Waals surface area contributed by atoms with Crippen LogP contribution >= 0.6 is 0 Å². The van der Waals surface area contributed by atoms with Gasteiger partial charge in [-0.25, -0.2) is 0 Å². The van der Waals surface area contributed by atoms with Gasteiger partial charge in [0, 0.05) is 52.0 Å². The minimum atomic E-state index is 0.0182. The van der Waals surface area contributed by atoms with Crippen LogP contribution in [-0.4, -0.2) is 79.4 Å². The van der Waals surface area contributed by atoms with Gasteiger partial charge in [-0.05, 0) is 37.5 Å². The maximum atomic E-state index is 13.3. The van der Waals surface area contributed by atoms with E-state index in [1.165, 1.54) is 11.3 Å². The Morgan fingerprint density at radius 2 is 1.90 bits per heavy atom. The number of nitrogens with zero attached hydrogens (tertiary/aromatic N) is 4. The van der Waals surface area contributed by atoms with Crippen LogP contribution in [0.3, 0.4) is 0 Å². The Balaban J connectivity index is 1.43. The van der Waals surface area contributed by atoms with Gasteiger partial charge in [0.05, 0.1) is 24.9 Å². The predicted molar refractivity (Wildman–Crippen MR) is 120 cm³/mol.